The van der Waals surface area contributed by atoms with Gasteiger partial charge in [-0.3, -0.25) is 4.79 Å². The monoisotopic (exact) mass is 204 g/mol. The highest BCUT2D eigenvalue weighted by atomic mass is 16.4. The van der Waals surface area contributed by atoms with Gasteiger partial charge in [-0.25, -0.2) is 0 Å². The SMILES string of the molecule is CC(C)=O.CC(C)=O.CCCC(=O)O. The summed E-state index contributed by atoms with van der Waals surface area (Å²) in [5.41, 5.74) is 0. The number of Topliss-reactive ketones (excluding diaryl/α,β-unsaturated/α-hetero) is 2. The third-order valence-corrected chi connectivity index (χ3v) is 0.464. The van der Waals surface area contributed by atoms with Crippen LogP contribution in [0, 0.1) is 0 Å². The third-order valence-electron chi connectivity index (χ3n) is 0.464. The minimum absolute atomic E-state index is 0.167. The van der Waals surface area contributed by atoms with E-state index in [1.807, 2.05) is 6.92 Å². The third kappa shape index (κ3) is 318. The molecule has 0 aliphatic carbocycles. The molecule has 0 amide bonds. The number of carboxylic acid groups (broad SMARTS) is 1. The van der Waals surface area contributed by atoms with E-state index < -0.39 is 5.97 Å². The average Bonchev–Trinajstić information content (AvgIpc) is 1.82. The Hall–Kier alpha value is -1.19. The summed E-state index contributed by atoms with van der Waals surface area (Å²) in [4.78, 5) is 28.5. The van der Waals surface area contributed by atoms with E-state index in [4.69, 9.17) is 5.11 Å². The average molecular weight is 204 g/mol. The van der Waals surface area contributed by atoms with Crippen LogP contribution in [0.3, 0.4) is 0 Å². The van der Waals surface area contributed by atoms with Crippen molar-refractivity contribution in [1.82, 2.24) is 0 Å². The lowest BCUT2D eigenvalue weighted by molar-refractivity contribution is -0.137. The molecule has 0 heterocycles. The van der Waals surface area contributed by atoms with Gasteiger partial charge < -0.3 is 14.7 Å². The molecule has 1 N–H and O–H groups in total. The molecule has 4 heteroatoms. The zero-order valence-corrected chi connectivity index (χ0v) is 9.59. The number of ketones is 2. The summed E-state index contributed by atoms with van der Waals surface area (Å²) in [7, 11) is 0. The van der Waals surface area contributed by atoms with Crippen LogP contribution in [0.4, 0.5) is 0 Å². The van der Waals surface area contributed by atoms with Gasteiger partial charge in [0.25, 0.3) is 0 Å². The second-order valence-corrected chi connectivity index (χ2v) is 2.96. The fraction of sp³-hybridized carbons (Fsp3) is 0.700. The van der Waals surface area contributed by atoms with Gasteiger partial charge in [-0.1, -0.05) is 6.92 Å². The molecule has 4 nitrogen and oxygen atoms in total. The summed E-state index contributed by atoms with van der Waals surface area (Å²) in [6.07, 6.45) is 1.02. The van der Waals surface area contributed by atoms with Crippen molar-refractivity contribution in [3.63, 3.8) is 0 Å². The normalized spacial score (nSPS) is 7.21. The van der Waals surface area contributed by atoms with Gasteiger partial charge in [0.05, 0.1) is 0 Å². The van der Waals surface area contributed by atoms with Gasteiger partial charge in [-0.2, -0.15) is 0 Å². The van der Waals surface area contributed by atoms with Crippen molar-refractivity contribution in [2.75, 3.05) is 0 Å². The molecule has 0 spiro atoms. The largest absolute Gasteiger partial charge is 0.481 e. The first-order chi connectivity index (χ1) is 6.23. The molecule has 84 valence electrons. The molecule has 0 atom stereocenters. The Balaban J connectivity index is -0.000000135. The van der Waals surface area contributed by atoms with Crippen LogP contribution in [0.25, 0.3) is 0 Å². The molecule has 0 aliphatic heterocycles. The second-order valence-electron chi connectivity index (χ2n) is 2.96. The topological polar surface area (TPSA) is 71.4 Å². The second kappa shape index (κ2) is 14.3. The summed E-state index contributed by atoms with van der Waals surface area (Å²) in [5, 5.41) is 7.91. The van der Waals surface area contributed by atoms with Crippen molar-refractivity contribution in [3.8, 4) is 0 Å². The van der Waals surface area contributed by atoms with Crippen molar-refractivity contribution in [2.45, 2.75) is 47.5 Å². The fourth-order valence-corrected chi connectivity index (χ4v) is 0.214. The lowest BCUT2D eigenvalue weighted by Crippen LogP contribution is -1.90. The van der Waals surface area contributed by atoms with Crippen LogP contribution >= 0.6 is 0 Å². The van der Waals surface area contributed by atoms with Crippen molar-refractivity contribution in [3.05, 3.63) is 0 Å². The number of hydrogen-bond donors (Lipinski definition) is 1. The smallest absolute Gasteiger partial charge is 0.303 e. The maximum absolute atomic E-state index is 9.60. The van der Waals surface area contributed by atoms with Crippen LogP contribution in [0.5, 0.6) is 0 Å². The lowest BCUT2D eigenvalue weighted by Gasteiger charge is -1.79. The number of carboxylic acids is 1. The lowest BCUT2D eigenvalue weighted by atomic mass is 10.4. The Bertz CT molecular complexity index is 153. The van der Waals surface area contributed by atoms with E-state index in [9.17, 15) is 14.4 Å². The number of rotatable bonds is 2. The summed E-state index contributed by atoms with van der Waals surface area (Å²) >= 11 is 0. The van der Waals surface area contributed by atoms with E-state index >= 15 is 0 Å². The zero-order valence-electron chi connectivity index (χ0n) is 9.59. The minimum Gasteiger partial charge on any atom is -0.481 e. The van der Waals surface area contributed by atoms with E-state index in [2.05, 4.69) is 0 Å². The number of aliphatic carboxylic acids is 1. The minimum atomic E-state index is -0.711. The van der Waals surface area contributed by atoms with Crippen LogP contribution in [0.2, 0.25) is 0 Å². The first kappa shape index (κ1) is 18.6. The van der Waals surface area contributed by atoms with E-state index in [0.717, 1.165) is 6.42 Å². The Morgan fingerprint density at radius 2 is 1.14 bits per heavy atom. The summed E-state index contributed by atoms with van der Waals surface area (Å²) in [6.45, 7) is 7.95. The van der Waals surface area contributed by atoms with Crippen molar-refractivity contribution < 1.29 is 19.5 Å². The summed E-state index contributed by atoms with van der Waals surface area (Å²) in [5.74, 6) is -0.377. The van der Waals surface area contributed by atoms with Gasteiger partial charge in [0.1, 0.15) is 11.6 Å². The highest BCUT2D eigenvalue weighted by molar-refractivity contribution is 5.72. The van der Waals surface area contributed by atoms with Gasteiger partial charge in [0.15, 0.2) is 0 Å². The zero-order chi connectivity index (χ0) is 12.1. The molecule has 0 radical (unpaired) electrons. The van der Waals surface area contributed by atoms with Crippen LogP contribution < -0.4 is 0 Å². The highest BCUT2D eigenvalue weighted by Crippen LogP contribution is 1.82. The maximum atomic E-state index is 9.60. The number of carbonyl (C=O) groups is 3. The first-order valence-electron chi connectivity index (χ1n) is 4.40. The molecule has 0 saturated carbocycles. The van der Waals surface area contributed by atoms with Gasteiger partial charge >= 0.3 is 5.97 Å². The van der Waals surface area contributed by atoms with Crippen LogP contribution in [0.1, 0.15) is 47.5 Å². The number of carbonyl (C=O) groups excluding carboxylic acids is 2. The summed E-state index contributed by atoms with van der Waals surface area (Å²) < 4.78 is 0. The van der Waals surface area contributed by atoms with E-state index in [-0.39, 0.29) is 11.6 Å². The van der Waals surface area contributed by atoms with Crippen molar-refractivity contribution >= 4 is 17.5 Å². The molecule has 0 aromatic heterocycles. The molecule has 0 fully saturated rings. The van der Waals surface area contributed by atoms with Gasteiger partial charge in [0.2, 0.25) is 0 Å². The van der Waals surface area contributed by atoms with E-state index in [1.54, 1.807) is 0 Å². The molecule has 0 aromatic carbocycles. The Morgan fingerprint density at radius 3 is 1.14 bits per heavy atom. The highest BCUT2D eigenvalue weighted by Gasteiger charge is 1.87. The fourth-order valence-electron chi connectivity index (χ4n) is 0.214. The van der Waals surface area contributed by atoms with E-state index in [1.165, 1.54) is 27.7 Å². The first-order valence-corrected chi connectivity index (χ1v) is 4.40. The van der Waals surface area contributed by atoms with Crippen LogP contribution in [0.15, 0.2) is 0 Å². The molecule has 0 aliphatic rings. The van der Waals surface area contributed by atoms with E-state index in [0.29, 0.717) is 6.42 Å². The van der Waals surface area contributed by atoms with Crippen molar-refractivity contribution in [1.29, 1.82) is 0 Å². The Labute approximate surface area is 85.3 Å². The molecule has 0 bridgehead atoms. The quantitative estimate of drug-likeness (QED) is 0.747. The predicted octanol–water partition coefficient (Wildman–Crippen LogP) is 2.06. The molecule has 14 heavy (non-hydrogen) atoms. The summed E-state index contributed by atoms with van der Waals surface area (Å²) in [6, 6.07) is 0. The standard InChI is InChI=1S/C4H8O2.2C3H6O/c1-2-3-4(5)6;2*1-3(2)4/h2-3H2,1H3,(H,5,6);2*1-2H3. The Kier molecular flexibility index (Phi) is 19.0. The Morgan fingerprint density at radius 1 is 0.929 bits per heavy atom. The number of hydrogen-bond acceptors (Lipinski definition) is 3. The van der Waals surface area contributed by atoms with Crippen LogP contribution in [-0.4, -0.2) is 22.6 Å². The molecule has 0 aromatic rings. The van der Waals surface area contributed by atoms with Crippen LogP contribution in [-0.2, 0) is 14.4 Å². The van der Waals surface area contributed by atoms with Crippen molar-refractivity contribution in [2.24, 2.45) is 0 Å². The van der Waals surface area contributed by atoms with Gasteiger partial charge in [-0.05, 0) is 34.1 Å². The molecular weight excluding hydrogens is 184 g/mol. The molecule has 0 saturated heterocycles. The molecular formula is C10H20O4. The molecule has 0 rings (SSSR count). The maximum Gasteiger partial charge on any atom is 0.303 e. The predicted molar refractivity (Wildman–Crippen MR) is 55.3 cm³/mol. The van der Waals surface area contributed by atoms with Gasteiger partial charge in [0, 0.05) is 6.42 Å². The molecule has 0 unspecified atom stereocenters. The van der Waals surface area contributed by atoms with Gasteiger partial charge in [-0.15, -0.1) is 0 Å².